The van der Waals surface area contributed by atoms with Crippen molar-refractivity contribution in [3.05, 3.63) is 24.3 Å². The summed E-state index contributed by atoms with van der Waals surface area (Å²) in [6, 6.07) is 6.85. The highest BCUT2D eigenvalue weighted by atomic mass is 16.5. The Morgan fingerprint density at radius 3 is 2.38 bits per heavy atom. The number of carboxylic acids is 1. The predicted octanol–water partition coefficient (Wildman–Crippen LogP) is 2.48. The fraction of sp³-hybridized carbons (Fsp3) is 0.529. The molecule has 2 amide bonds. The van der Waals surface area contributed by atoms with Crippen LogP contribution in [0.15, 0.2) is 24.3 Å². The highest BCUT2D eigenvalue weighted by molar-refractivity contribution is 5.89. The normalized spacial score (nSPS) is 20.2. The first kappa shape index (κ1) is 18.1. The van der Waals surface area contributed by atoms with Gasteiger partial charge in [-0.25, -0.2) is 4.79 Å². The number of carboxylic acid groups (broad SMARTS) is 1. The van der Waals surface area contributed by atoms with Gasteiger partial charge in [-0.05, 0) is 49.9 Å². The Bertz CT molecular complexity index is 538. The molecule has 1 aliphatic rings. The number of urea groups is 1. The molecule has 1 fully saturated rings. The summed E-state index contributed by atoms with van der Waals surface area (Å²) in [7, 11) is 1.61. The molecule has 7 nitrogen and oxygen atoms in total. The predicted molar refractivity (Wildman–Crippen MR) is 89.3 cm³/mol. The summed E-state index contributed by atoms with van der Waals surface area (Å²) in [5.74, 6) is -0.313. The average Bonchev–Trinajstić information content (AvgIpc) is 2.57. The lowest BCUT2D eigenvalue weighted by Gasteiger charge is -2.26. The summed E-state index contributed by atoms with van der Waals surface area (Å²) in [5.41, 5.74) is 0.672. The van der Waals surface area contributed by atoms with E-state index in [1.165, 1.54) is 0 Å². The quantitative estimate of drug-likeness (QED) is 0.665. The van der Waals surface area contributed by atoms with Crippen molar-refractivity contribution < 1.29 is 24.2 Å². The Kier molecular flexibility index (Phi) is 6.87. The monoisotopic (exact) mass is 336 g/mol. The summed E-state index contributed by atoms with van der Waals surface area (Å²) >= 11 is 0. The van der Waals surface area contributed by atoms with E-state index in [2.05, 4.69) is 10.6 Å². The van der Waals surface area contributed by atoms with E-state index >= 15 is 0 Å². The van der Waals surface area contributed by atoms with E-state index in [4.69, 9.17) is 14.6 Å². The first-order valence-corrected chi connectivity index (χ1v) is 8.10. The standard InChI is InChI=1S/C17H24N2O5/c1-23-10-11-24-15-8-6-14(7-9-15)19-17(22)18-13-4-2-12(3-5-13)16(20)21/h6-9,12-13H,2-5,10-11H2,1H3,(H,20,21)(H2,18,19,22). The molecule has 3 N–H and O–H groups in total. The van der Waals surface area contributed by atoms with E-state index in [0.717, 1.165) is 0 Å². The van der Waals surface area contributed by atoms with Crippen LogP contribution in [0, 0.1) is 5.92 Å². The van der Waals surface area contributed by atoms with Crippen molar-refractivity contribution in [3.63, 3.8) is 0 Å². The van der Waals surface area contributed by atoms with Crippen LogP contribution in [-0.4, -0.2) is 43.5 Å². The third-order valence-electron chi connectivity index (χ3n) is 4.08. The minimum atomic E-state index is -0.745. The maximum absolute atomic E-state index is 12.0. The number of methoxy groups -OCH3 is 1. The number of anilines is 1. The molecule has 1 saturated carbocycles. The second-order valence-corrected chi connectivity index (χ2v) is 5.85. The number of ether oxygens (including phenoxy) is 2. The molecule has 0 aromatic heterocycles. The Labute approximate surface area is 141 Å². The molecule has 1 aromatic rings. The van der Waals surface area contributed by atoms with Crippen LogP contribution in [-0.2, 0) is 9.53 Å². The van der Waals surface area contributed by atoms with Gasteiger partial charge in [0.1, 0.15) is 12.4 Å². The van der Waals surface area contributed by atoms with Crippen LogP contribution in [0.3, 0.4) is 0 Å². The molecule has 0 aliphatic heterocycles. The number of nitrogens with one attached hydrogen (secondary N) is 2. The van der Waals surface area contributed by atoms with Crippen LogP contribution >= 0.6 is 0 Å². The summed E-state index contributed by atoms with van der Waals surface area (Å²) in [4.78, 5) is 22.9. The first-order chi connectivity index (χ1) is 11.6. The molecule has 0 bridgehead atoms. The second kappa shape index (κ2) is 9.12. The number of hydrogen-bond acceptors (Lipinski definition) is 4. The van der Waals surface area contributed by atoms with Gasteiger partial charge in [0.15, 0.2) is 0 Å². The summed E-state index contributed by atoms with van der Waals surface area (Å²) < 4.78 is 10.4. The highest BCUT2D eigenvalue weighted by Crippen LogP contribution is 2.24. The maximum atomic E-state index is 12.0. The largest absolute Gasteiger partial charge is 0.491 e. The molecular formula is C17H24N2O5. The number of aliphatic carboxylic acids is 1. The van der Waals surface area contributed by atoms with Crippen molar-refractivity contribution >= 4 is 17.7 Å². The van der Waals surface area contributed by atoms with E-state index in [9.17, 15) is 9.59 Å². The fourth-order valence-electron chi connectivity index (χ4n) is 2.71. The van der Waals surface area contributed by atoms with E-state index in [0.29, 0.717) is 50.3 Å². The van der Waals surface area contributed by atoms with Crippen molar-refractivity contribution in [1.82, 2.24) is 5.32 Å². The number of carbonyl (C=O) groups is 2. The molecular weight excluding hydrogens is 312 g/mol. The summed E-state index contributed by atoms with van der Waals surface area (Å²) in [5, 5.41) is 14.6. The zero-order valence-corrected chi connectivity index (χ0v) is 13.8. The first-order valence-electron chi connectivity index (χ1n) is 8.10. The van der Waals surface area contributed by atoms with Gasteiger partial charge in [-0.1, -0.05) is 0 Å². The topological polar surface area (TPSA) is 96.9 Å². The molecule has 1 aliphatic carbocycles. The number of rotatable bonds is 7. The smallest absolute Gasteiger partial charge is 0.319 e. The molecule has 0 spiro atoms. The highest BCUT2D eigenvalue weighted by Gasteiger charge is 2.26. The van der Waals surface area contributed by atoms with Crippen LogP contribution in [0.1, 0.15) is 25.7 Å². The van der Waals surface area contributed by atoms with Crippen molar-refractivity contribution in [2.24, 2.45) is 5.92 Å². The zero-order chi connectivity index (χ0) is 17.4. The minimum Gasteiger partial charge on any atom is -0.491 e. The zero-order valence-electron chi connectivity index (χ0n) is 13.8. The fourth-order valence-corrected chi connectivity index (χ4v) is 2.71. The Balaban J connectivity index is 1.73. The van der Waals surface area contributed by atoms with Crippen molar-refractivity contribution in [2.45, 2.75) is 31.7 Å². The van der Waals surface area contributed by atoms with E-state index in [-0.39, 0.29) is 18.0 Å². The van der Waals surface area contributed by atoms with Gasteiger partial charge in [-0.15, -0.1) is 0 Å². The molecule has 132 valence electrons. The van der Waals surface area contributed by atoms with Crippen LogP contribution < -0.4 is 15.4 Å². The molecule has 2 rings (SSSR count). The molecule has 0 unspecified atom stereocenters. The van der Waals surface area contributed by atoms with E-state index < -0.39 is 5.97 Å². The molecule has 0 atom stereocenters. The van der Waals surface area contributed by atoms with Crippen molar-refractivity contribution in [2.75, 3.05) is 25.6 Å². The maximum Gasteiger partial charge on any atom is 0.319 e. The van der Waals surface area contributed by atoms with Crippen LogP contribution in [0.2, 0.25) is 0 Å². The SMILES string of the molecule is COCCOc1ccc(NC(=O)NC2CCC(C(=O)O)CC2)cc1. The van der Waals surface area contributed by atoms with E-state index in [1.54, 1.807) is 31.4 Å². The molecule has 0 heterocycles. The van der Waals surface area contributed by atoms with Gasteiger partial charge in [0.25, 0.3) is 0 Å². The Morgan fingerprint density at radius 1 is 1.12 bits per heavy atom. The molecule has 7 heteroatoms. The number of amides is 2. The number of carbonyl (C=O) groups excluding carboxylic acids is 1. The Morgan fingerprint density at radius 2 is 1.79 bits per heavy atom. The lowest BCUT2D eigenvalue weighted by molar-refractivity contribution is -0.142. The van der Waals surface area contributed by atoms with Crippen LogP contribution in [0.25, 0.3) is 0 Å². The van der Waals surface area contributed by atoms with Crippen molar-refractivity contribution in [3.8, 4) is 5.75 Å². The minimum absolute atomic E-state index is 0.0252. The molecule has 0 radical (unpaired) electrons. The summed E-state index contributed by atoms with van der Waals surface area (Å²) in [6.45, 7) is 0.995. The lowest BCUT2D eigenvalue weighted by atomic mass is 9.86. The number of benzene rings is 1. The average molecular weight is 336 g/mol. The van der Waals surface area contributed by atoms with Crippen LogP contribution in [0.4, 0.5) is 10.5 Å². The van der Waals surface area contributed by atoms with Gasteiger partial charge in [-0.2, -0.15) is 0 Å². The van der Waals surface area contributed by atoms with Gasteiger partial charge < -0.3 is 25.2 Å². The third kappa shape index (κ3) is 5.73. The number of hydrogen-bond donors (Lipinski definition) is 3. The Hall–Kier alpha value is -2.28. The van der Waals surface area contributed by atoms with Gasteiger partial charge >= 0.3 is 12.0 Å². The van der Waals surface area contributed by atoms with Gasteiger partial charge in [0.05, 0.1) is 12.5 Å². The summed E-state index contributed by atoms with van der Waals surface area (Å²) in [6.07, 6.45) is 2.59. The van der Waals surface area contributed by atoms with Crippen molar-refractivity contribution in [1.29, 1.82) is 0 Å². The van der Waals surface area contributed by atoms with E-state index in [1.807, 2.05) is 0 Å². The third-order valence-corrected chi connectivity index (χ3v) is 4.08. The lowest BCUT2D eigenvalue weighted by Crippen LogP contribution is -2.40. The molecule has 0 saturated heterocycles. The molecule has 24 heavy (non-hydrogen) atoms. The van der Waals surface area contributed by atoms with Gasteiger partial charge in [-0.3, -0.25) is 4.79 Å². The second-order valence-electron chi connectivity index (χ2n) is 5.85. The molecule has 1 aromatic carbocycles. The van der Waals surface area contributed by atoms with Crippen LogP contribution in [0.5, 0.6) is 5.75 Å². The van der Waals surface area contributed by atoms with Gasteiger partial charge in [0.2, 0.25) is 0 Å². The van der Waals surface area contributed by atoms with Gasteiger partial charge in [0, 0.05) is 18.8 Å².